The molecule has 0 radical (unpaired) electrons. The number of aromatic nitrogens is 4. The van der Waals surface area contributed by atoms with Crippen LogP contribution >= 0.6 is 0 Å². The van der Waals surface area contributed by atoms with Gasteiger partial charge in [0.05, 0.1) is 5.56 Å². The normalized spacial score (nSPS) is 9.95. The zero-order valence-electron chi connectivity index (χ0n) is 47.7. The lowest BCUT2D eigenvalue weighted by molar-refractivity contribution is 0.0697. The maximum atomic E-state index is 10.4. The summed E-state index contributed by atoms with van der Waals surface area (Å²) in [6.45, 7) is 4.14. The number of carbonyl (C=O) groups is 1. The van der Waals surface area contributed by atoms with Crippen molar-refractivity contribution in [1.29, 1.82) is 0 Å². The van der Waals surface area contributed by atoms with Gasteiger partial charge >= 0.3 is 5.97 Å². The third-order valence-corrected chi connectivity index (χ3v) is 11.7. The fourth-order valence-corrected chi connectivity index (χ4v) is 7.63. The van der Waals surface area contributed by atoms with Gasteiger partial charge in [0.15, 0.2) is 5.82 Å². The van der Waals surface area contributed by atoms with E-state index in [-0.39, 0.29) is 17.5 Å². The minimum atomic E-state index is -1.02. The molecule has 87 heavy (non-hydrogen) atoms. The smallest absolute Gasteiger partial charge is 0.335 e. The third kappa shape index (κ3) is 21.7. The van der Waals surface area contributed by atoms with Gasteiger partial charge in [-0.1, -0.05) is 42.5 Å². The monoisotopic (exact) mass is 1170 g/mol. The molecule has 0 bridgehead atoms. The highest BCUT2D eigenvalue weighted by Gasteiger charge is 2.08. The molecule has 0 aliphatic rings. The Kier molecular flexibility index (Phi) is 22.7. The van der Waals surface area contributed by atoms with Gasteiger partial charge in [-0.15, -0.1) is 0 Å². The first-order valence-corrected chi connectivity index (χ1v) is 26.3. The van der Waals surface area contributed by atoms with Crippen LogP contribution in [0.3, 0.4) is 0 Å². The number of ether oxygens (including phenoxy) is 3. The zero-order chi connectivity index (χ0) is 63.0. The van der Waals surface area contributed by atoms with Gasteiger partial charge in [0, 0.05) is 68.9 Å². The number of carboxylic acids is 1. The summed E-state index contributed by atoms with van der Waals surface area (Å²) < 4.78 is 17.0. The van der Waals surface area contributed by atoms with E-state index in [1.54, 1.807) is 60.7 Å². The third-order valence-electron chi connectivity index (χ3n) is 11.7. The highest BCUT2D eigenvalue weighted by Crippen LogP contribution is 2.31. The van der Waals surface area contributed by atoms with Crippen LogP contribution in [0, 0.1) is 13.8 Å². The molecule has 2 aromatic heterocycles. The lowest BCUT2D eigenvalue weighted by atomic mass is 9.96. The van der Waals surface area contributed by atoms with E-state index in [0.717, 1.165) is 62.8 Å². The van der Waals surface area contributed by atoms with Gasteiger partial charge in [-0.25, -0.2) is 9.78 Å². The molecular weight excluding hydrogens is 1100 g/mol. The first-order valence-electron chi connectivity index (χ1n) is 26.3. The number of benzene rings is 9. The van der Waals surface area contributed by atoms with Crippen molar-refractivity contribution < 1.29 is 24.1 Å². The van der Waals surface area contributed by atoms with Gasteiger partial charge in [-0.3, -0.25) is 0 Å². The van der Waals surface area contributed by atoms with Crippen LogP contribution in [-0.2, 0) is 0 Å². The number of aryl methyl sites for hydroxylation is 2. The van der Waals surface area contributed by atoms with E-state index in [4.69, 9.17) is 93.9 Å². The molecule has 0 saturated carbocycles. The van der Waals surface area contributed by atoms with E-state index >= 15 is 0 Å². The molecular formula is C65H69N17O5. The molecule has 444 valence electrons. The summed E-state index contributed by atoms with van der Waals surface area (Å²) >= 11 is 0. The zero-order valence-corrected chi connectivity index (χ0v) is 47.7. The molecule has 11 rings (SSSR count). The van der Waals surface area contributed by atoms with Gasteiger partial charge in [-0.2, -0.15) is 15.0 Å². The van der Waals surface area contributed by atoms with E-state index in [1.165, 1.54) is 40.5 Å². The number of carboxylic acid groups (broad SMARTS) is 1. The Hall–Kier alpha value is -12.6. The summed E-state index contributed by atoms with van der Waals surface area (Å²) in [5.41, 5.74) is 83.0. The van der Waals surface area contributed by atoms with Crippen molar-refractivity contribution in [2.75, 3.05) is 74.5 Å². The summed E-state index contributed by atoms with van der Waals surface area (Å²) in [7, 11) is 0. The first kappa shape index (κ1) is 63.6. The number of rotatable bonds is 9. The van der Waals surface area contributed by atoms with Crippen LogP contribution in [0.25, 0.3) is 22.5 Å². The fourth-order valence-electron chi connectivity index (χ4n) is 7.63. The number of aromatic carboxylic acids is 1. The van der Waals surface area contributed by atoms with Crippen molar-refractivity contribution >= 4 is 80.7 Å². The van der Waals surface area contributed by atoms with Crippen LogP contribution in [0.4, 0.5) is 74.7 Å². The van der Waals surface area contributed by atoms with Gasteiger partial charge < -0.3 is 93.9 Å². The molecule has 0 unspecified atom stereocenters. The lowest BCUT2D eigenvalue weighted by Crippen LogP contribution is -2.04. The molecule has 0 fully saturated rings. The van der Waals surface area contributed by atoms with E-state index in [1.807, 2.05) is 127 Å². The molecule has 27 N–H and O–H groups in total. The molecule has 11 aromatic rings. The number of nitrogens with zero attached hydrogens (tertiary/aromatic N) is 4. The molecule has 9 aromatic carbocycles. The van der Waals surface area contributed by atoms with Gasteiger partial charge in [0.2, 0.25) is 11.9 Å². The summed E-state index contributed by atoms with van der Waals surface area (Å²) in [6.07, 6.45) is 0. The topological polar surface area (TPSA) is 455 Å². The van der Waals surface area contributed by atoms with Crippen LogP contribution in [0.2, 0.25) is 0 Å². The van der Waals surface area contributed by atoms with E-state index in [2.05, 4.69) is 45.9 Å². The number of pyridine rings is 1. The average Bonchev–Trinajstić information content (AvgIpc) is 3.68. The second-order valence-electron chi connectivity index (χ2n) is 18.9. The van der Waals surface area contributed by atoms with E-state index in [9.17, 15) is 4.79 Å². The highest BCUT2D eigenvalue weighted by molar-refractivity contribution is 5.90. The van der Waals surface area contributed by atoms with Crippen LogP contribution in [0.15, 0.2) is 218 Å². The summed E-state index contributed by atoms with van der Waals surface area (Å²) in [6, 6.07) is 65.2. The first-order chi connectivity index (χ1) is 41.5. The lowest BCUT2D eigenvalue weighted by Gasteiger charge is -2.10. The second-order valence-corrected chi connectivity index (χ2v) is 18.9. The fraction of sp³-hybridized carbons (Fsp3) is 0.0308. The largest absolute Gasteiger partial charge is 0.478 e. The Bertz CT molecular complexity index is 3730. The Balaban J connectivity index is 0.000000170. The predicted molar refractivity (Wildman–Crippen MR) is 354 cm³/mol. The second kappa shape index (κ2) is 31.0. The van der Waals surface area contributed by atoms with Crippen molar-refractivity contribution in [2.24, 2.45) is 0 Å². The van der Waals surface area contributed by atoms with Gasteiger partial charge in [0.25, 0.3) is 0 Å². The Morgan fingerprint density at radius 3 is 0.920 bits per heavy atom. The van der Waals surface area contributed by atoms with E-state index in [0.29, 0.717) is 45.9 Å². The van der Waals surface area contributed by atoms with Crippen molar-refractivity contribution in [2.45, 2.75) is 13.8 Å². The van der Waals surface area contributed by atoms with Crippen LogP contribution in [0.1, 0.15) is 21.5 Å². The molecule has 22 nitrogen and oxygen atoms in total. The Morgan fingerprint density at radius 2 is 0.621 bits per heavy atom. The minimum Gasteiger partial charge on any atom is -0.478 e. The summed E-state index contributed by atoms with van der Waals surface area (Å²) in [4.78, 5) is 25.8. The highest BCUT2D eigenvalue weighted by atomic mass is 16.5. The van der Waals surface area contributed by atoms with Crippen LogP contribution in [0.5, 0.6) is 34.5 Å². The maximum absolute atomic E-state index is 10.4. The standard InChI is InChI=1S/C18H16N2O2.C14H16N2.C12H12N2O.C9H9N5.C7H8N2O2.C5H8N4/c19-13-1-5-15(6-2-13)21-17-9-11-18(12-10-17)22-16-7-3-14(20)4-8-16;1-9-7-11(15)3-5-13(9)14-6-4-12(16)8-10(14)2;13-9-1-5-11(6-2-9)15-12-7-3-10(14)4-8-12;10-8-12-7(13-9(11)14-8)6-4-2-1-3-5-6;8-5-1-4(7(10)11)2-6(9)3-5;6-3-1-4(7)9-5(8)2-3/h1-12H,19-20H2;3-8H,15-16H2,1-2H3;1-8H,13-14H2;1-5H,(H4,10,11,12,13,14);1-3H,8-9H2,(H,10,11);1-2H,(H6,6,7,8,9). The molecule has 0 aliphatic heterocycles. The SMILES string of the molecule is Cc1cc(N)ccc1-c1ccc(N)cc1C.Nc1cc(N)cc(C(=O)O)c1.Nc1cc(N)nc(N)c1.Nc1ccc(Oc2ccc(N)cc2)cc1.Nc1ccc(Oc2ccc(Oc3ccc(N)cc3)cc2)cc1.Nc1nc(N)nc(-c2ccccc2)n1. The van der Waals surface area contributed by atoms with Crippen molar-refractivity contribution in [1.82, 2.24) is 19.9 Å². The predicted octanol–water partition coefficient (Wildman–Crippen LogP) is 11.3. The molecule has 0 amide bonds. The molecule has 2 heterocycles. The average molecular weight is 1170 g/mol. The Labute approximate surface area is 503 Å². The number of hydrogen-bond donors (Lipinski definition) is 14. The number of anilines is 13. The molecule has 0 saturated heterocycles. The quantitative estimate of drug-likeness (QED) is 0.0597. The molecule has 0 spiro atoms. The summed E-state index contributed by atoms with van der Waals surface area (Å²) in [5.74, 6) is 4.90. The van der Waals surface area contributed by atoms with Crippen molar-refractivity contribution in [3.05, 3.63) is 235 Å². The number of nitrogens with two attached hydrogens (primary N) is 13. The van der Waals surface area contributed by atoms with Gasteiger partial charge in [0.1, 0.15) is 46.1 Å². The van der Waals surface area contributed by atoms with Gasteiger partial charge in [-0.05, 0) is 200 Å². The minimum absolute atomic E-state index is 0.113. The molecule has 0 atom stereocenters. The Morgan fingerprint density at radius 1 is 0.322 bits per heavy atom. The van der Waals surface area contributed by atoms with E-state index < -0.39 is 5.97 Å². The number of hydrogen-bond acceptors (Lipinski definition) is 21. The maximum Gasteiger partial charge on any atom is 0.335 e. The summed E-state index contributed by atoms with van der Waals surface area (Å²) in [5, 5.41) is 8.52. The van der Waals surface area contributed by atoms with Crippen LogP contribution in [-0.4, -0.2) is 31.0 Å². The van der Waals surface area contributed by atoms with Crippen molar-refractivity contribution in [3.8, 4) is 57.0 Å². The van der Waals surface area contributed by atoms with Crippen molar-refractivity contribution in [3.63, 3.8) is 0 Å². The number of nitrogen functional groups attached to an aromatic ring is 13. The molecule has 22 heteroatoms. The molecule has 0 aliphatic carbocycles. The van der Waals surface area contributed by atoms with Crippen LogP contribution < -0.4 is 88.7 Å².